The van der Waals surface area contributed by atoms with Crippen molar-refractivity contribution in [3.8, 4) is 0 Å². The number of aromatic nitrogens is 4. The lowest BCUT2D eigenvalue weighted by Gasteiger charge is -2.16. The number of carbonyl (C=O) groups is 1. The van der Waals surface area contributed by atoms with Gasteiger partial charge in [-0.05, 0) is 24.8 Å². The maximum Gasteiger partial charge on any atom is 0.233 e. The number of aromatic amines is 1. The molecule has 0 saturated heterocycles. The lowest BCUT2D eigenvalue weighted by atomic mass is 9.94. The van der Waals surface area contributed by atoms with Gasteiger partial charge in [0.25, 0.3) is 0 Å². The summed E-state index contributed by atoms with van der Waals surface area (Å²) in [5.74, 6) is 0.633. The predicted octanol–water partition coefficient (Wildman–Crippen LogP) is 1.96. The van der Waals surface area contributed by atoms with Crippen LogP contribution in [0.1, 0.15) is 26.7 Å². The van der Waals surface area contributed by atoms with Gasteiger partial charge < -0.3 is 10.7 Å². The molecule has 0 aromatic carbocycles. The zero-order valence-electron chi connectivity index (χ0n) is 12.1. The molecule has 1 amide bonds. The van der Waals surface area contributed by atoms with Crippen molar-refractivity contribution in [2.45, 2.75) is 26.7 Å². The molecule has 7 nitrogen and oxygen atoms in total. The van der Waals surface area contributed by atoms with E-state index in [0.29, 0.717) is 30.0 Å². The fourth-order valence-corrected chi connectivity index (χ4v) is 2.44. The van der Waals surface area contributed by atoms with Gasteiger partial charge in [0.15, 0.2) is 10.8 Å². The zero-order valence-corrected chi connectivity index (χ0v) is 12.8. The molecular formula is C13H19ClN6O. The molecule has 114 valence electrons. The van der Waals surface area contributed by atoms with E-state index in [0.717, 1.165) is 6.42 Å². The molecule has 0 saturated carbocycles. The minimum absolute atomic E-state index is 0.148. The summed E-state index contributed by atoms with van der Waals surface area (Å²) in [6.45, 7) is 4.69. The Kier molecular flexibility index (Phi) is 5.08. The molecule has 0 aliphatic carbocycles. The van der Waals surface area contributed by atoms with Crippen LogP contribution >= 0.6 is 11.6 Å². The number of nitrogens with one attached hydrogen (secondary N) is 2. The fraction of sp³-hybridized carbons (Fsp3) is 0.538. The van der Waals surface area contributed by atoms with Gasteiger partial charge in [0.1, 0.15) is 5.52 Å². The van der Waals surface area contributed by atoms with Crippen LogP contribution in [0.15, 0.2) is 6.33 Å². The second-order valence-electron chi connectivity index (χ2n) is 5.42. The number of fused-ring (bicyclic) bond motifs is 1. The van der Waals surface area contributed by atoms with E-state index in [4.69, 9.17) is 17.3 Å². The number of halogens is 1. The number of H-pyrrole nitrogens is 1. The van der Waals surface area contributed by atoms with Gasteiger partial charge in [0, 0.05) is 6.42 Å². The molecule has 21 heavy (non-hydrogen) atoms. The summed E-state index contributed by atoms with van der Waals surface area (Å²) in [5.41, 5.74) is 6.67. The number of anilines is 1. The standard InChI is InChI=1S/C13H19ClN6O/c1-7(2)3-8(5-15)4-9(21)18-13-19-11(14)10-12(20-13)17-6-16-10/h6-8H,3-5,15H2,1-2H3,(H2,16,17,18,19,20,21). The van der Waals surface area contributed by atoms with Crippen LogP contribution in [0.3, 0.4) is 0 Å². The highest BCUT2D eigenvalue weighted by molar-refractivity contribution is 6.33. The molecule has 0 fully saturated rings. The van der Waals surface area contributed by atoms with Crippen molar-refractivity contribution in [2.24, 2.45) is 17.6 Å². The van der Waals surface area contributed by atoms with Crippen LogP contribution in [0, 0.1) is 11.8 Å². The van der Waals surface area contributed by atoms with Gasteiger partial charge in [0.2, 0.25) is 11.9 Å². The summed E-state index contributed by atoms with van der Waals surface area (Å²) in [7, 11) is 0. The van der Waals surface area contributed by atoms with Crippen molar-refractivity contribution in [2.75, 3.05) is 11.9 Å². The number of imidazole rings is 1. The average Bonchev–Trinajstić information content (AvgIpc) is 2.86. The minimum atomic E-state index is -0.169. The quantitative estimate of drug-likeness (QED) is 0.706. The first-order valence-electron chi connectivity index (χ1n) is 6.86. The largest absolute Gasteiger partial charge is 0.341 e. The number of hydrogen-bond acceptors (Lipinski definition) is 5. The zero-order chi connectivity index (χ0) is 15.4. The van der Waals surface area contributed by atoms with Gasteiger partial charge in [-0.2, -0.15) is 9.97 Å². The van der Waals surface area contributed by atoms with E-state index in [1.807, 2.05) is 0 Å². The van der Waals surface area contributed by atoms with Gasteiger partial charge in [-0.15, -0.1) is 0 Å². The average molecular weight is 311 g/mol. The van der Waals surface area contributed by atoms with E-state index in [2.05, 4.69) is 39.1 Å². The molecule has 1 atom stereocenters. The predicted molar refractivity (Wildman–Crippen MR) is 81.9 cm³/mol. The molecule has 2 aromatic heterocycles. The van der Waals surface area contributed by atoms with Gasteiger partial charge >= 0.3 is 0 Å². The third-order valence-electron chi connectivity index (χ3n) is 3.10. The lowest BCUT2D eigenvalue weighted by molar-refractivity contribution is -0.117. The summed E-state index contributed by atoms with van der Waals surface area (Å²) < 4.78 is 0. The molecule has 4 N–H and O–H groups in total. The first kappa shape index (κ1) is 15.7. The summed E-state index contributed by atoms with van der Waals surface area (Å²) >= 11 is 6.00. The molecule has 1 unspecified atom stereocenters. The Balaban J connectivity index is 2.03. The van der Waals surface area contributed by atoms with Crippen molar-refractivity contribution in [1.82, 2.24) is 19.9 Å². The Hall–Kier alpha value is -1.73. The molecule has 0 radical (unpaired) electrons. The Morgan fingerprint density at radius 2 is 2.24 bits per heavy atom. The molecule has 0 spiro atoms. The van der Waals surface area contributed by atoms with E-state index in [1.54, 1.807) is 0 Å². The minimum Gasteiger partial charge on any atom is -0.341 e. The highest BCUT2D eigenvalue weighted by atomic mass is 35.5. The van der Waals surface area contributed by atoms with Crippen LogP contribution in [0.4, 0.5) is 5.95 Å². The molecule has 2 rings (SSSR count). The monoisotopic (exact) mass is 310 g/mol. The molecule has 0 aliphatic heterocycles. The van der Waals surface area contributed by atoms with Crippen LogP contribution in [0.2, 0.25) is 5.15 Å². The fourth-order valence-electron chi connectivity index (χ4n) is 2.22. The summed E-state index contributed by atoms with van der Waals surface area (Å²) in [4.78, 5) is 27.0. The second kappa shape index (κ2) is 6.82. The molecule has 2 heterocycles. The third kappa shape index (κ3) is 4.12. The van der Waals surface area contributed by atoms with Gasteiger partial charge in [-0.1, -0.05) is 25.4 Å². The Labute approximate surface area is 127 Å². The summed E-state index contributed by atoms with van der Waals surface area (Å²) in [5, 5.41) is 2.87. The summed E-state index contributed by atoms with van der Waals surface area (Å²) in [6, 6.07) is 0. The van der Waals surface area contributed by atoms with Crippen LogP contribution in [-0.2, 0) is 4.79 Å². The molecule has 8 heteroatoms. The van der Waals surface area contributed by atoms with Gasteiger partial charge in [-0.25, -0.2) is 4.98 Å². The Bertz CT molecular complexity index is 626. The van der Waals surface area contributed by atoms with Crippen LogP contribution in [0.25, 0.3) is 11.2 Å². The molecule has 2 aromatic rings. The smallest absolute Gasteiger partial charge is 0.233 e. The molecular weight excluding hydrogens is 292 g/mol. The van der Waals surface area contributed by atoms with Crippen molar-refractivity contribution in [3.63, 3.8) is 0 Å². The normalized spacial score (nSPS) is 12.8. The van der Waals surface area contributed by atoms with E-state index >= 15 is 0 Å². The van der Waals surface area contributed by atoms with E-state index < -0.39 is 0 Å². The maximum atomic E-state index is 12.0. The second-order valence-corrected chi connectivity index (χ2v) is 5.78. The first-order valence-corrected chi connectivity index (χ1v) is 7.24. The number of hydrogen-bond donors (Lipinski definition) is 3. The van der Waals surface area contributed by atoms with Crippen molar-refractivity contribution in [3.05, 3.63) is 11.5 Å². The molecule has 0 bridgehead atoms. The highest BCUT2D eigenvalue weighted by Crippen LogP contribution is 2.19. The summed E-state index contributed by atoms with van der Waals surface area (Å²) in [6.07, 6.45) is 2.72. The van der Waals surface area contributed by atoms with Crippen LogP contribution in [-0.4, -0.2) is 32.4 Å². The molecule has 0 aliphatic rings. The SMILES string of the molecule is CC(C)CC(CN)CC(=O)Nc1nc(Cl)c2[nH]cnc2n1. The number of nitrogens with two attached hydrogens (primary N) is 1. The first-order chi connectivity index (χ1) is 9.99. The Morgan fingerprint density at radius 1 is 1.48 bits per heavy atom. The number of nitrogens with zero attached hydrogens (tertiary/aromatic N) is 3. The van der Waals surface area contributed by atoms with Crippen molar-refractivity contribution in [1.29, 1.82) is 0 Å². The maximum absolute atomic E-state index is 12.0. The number of amides is 1. The Morgan fingerprint density at radius 3 is 2.90 bits per heavy atom. The van der Waals surface area contributed by atoms with E-state index in [1.165, 1.54) is 6.33 Å². The topological polar surface area (TPSA) is 110 Å². The van der Waals surface area contributed by atoms with Crippen LogP contribution in [0.5, 0.6) is 0 Å². The highest BCUT2D eigenvalue weighted by Gasteiger charge is 2.16. The third-order valence-corrected chi connectivity index (χ3v) is 3.38. The van der Waals surface area contributed by atoms with Crippen LogP contribution < -0.4 is 11.1 Å². The number of carbonyl (C=O) groups excluding carboxylic acids is 1. The van der Waals surface area contributed by atoms with E-state index in [9.17, 15) is 4.79 Å². The van der Waals surface area contributed by atoms with E-state index in [-0.39, 0.29) is 22.9 Å². The van der Waals surface area contributed by atoms with Crippen molar-refractivity contribution >= 4 is 34.6 Å². The van der Waals surface area contributed by atoms with Gasteiger partial charge in [-0.3, -0.25) is 10.1 Å². The lowest BCUT2D eigenvalue weighted by Crippen LogP contribution is -2.24. The van der Waals surface area contributed by atoms with Crippen molar-refractivity contribution < 1.29 is 4.79 Å². The number of rotatable bonds is 6. The van der Waals surface area contributed by atoms with Gasteiger partial charge in [0.05, 0.1) is 6.33 Å².